The summed E-state index contributed by atoms with van der Waals surface area (Å²) >= 11 is 3.24. The molecule has 3 saturated heterocycles. The van der Waals surface area contributed by atoms with E-state index < -0.39 is 0 Å². The van der Waals surface area contributed by atoms with Crippen LogP contribution in [-0.2, 0) is 11.2 Å². The van der Waals surface area contributed by atoms with Crippen molar-refractivity contribution in [1.82, 2.24) is 14.6 Å². The molecule has 0 saturated carbocycles. The second kappa shape index (κ2) is 6.76. The number of thiophene rings is 1. The third-order valence-corrected chi connectivity index (χ3v) is 7.45. The van der Waals surface area contributed by atoms with Gasteiger partial charge in [-0.15, -0.1) is 11.3 Å². The SMILES string of the molecule is O=C(Cc1nsc2cc(-c3cccs3)ccc12)N[C@H]1CN2CCC1CC2. The Morgan fingerprint density at radius 1 is 1.27 bits per heavy atom. The molecule has 0 spiro atoms. The van der Waals surface area contributed by atoms with E-state index in [2.05, 4.69) is 50.3 Å². The summed E-state index contributed by atoms with van der Waals surface area (Å²) in [6, 6.07) is 11.0. The highest BCUT2D eigenvalue weighted by atomic mass is 32.1. The second-order valence-corrected chi connectivity index (χ2v) is 9.06. The van der Waals surface area contributed by atoms with E-state index in [-0.39, 0.29) is 5.91 Å². The maximum absolute atomic E-state index is 12.6. The minimum Gasteiger partial charge on any atom is -0.351 e. The molecule has 26 heavy (non-hydrogen) atoms. The van der Waals surface area contributed by atoms with Crippen LogP contribution in [0.5, 0.6) is 0 Å². The molecule has 3 aliphatic heterocycles. The summed E-state index contributed by atoms with van der Waals surface area (Å²) in [6.45, 7) is 3.40. The van der Waals surface area contributed by atoms with Gasteiger partial charge in [-0.1, -0.05) is 18.2 Å². The lowest BCUT2D eigenvalue weighted by molar-refractivity contribution is -0.122. The Morgan fingerprint density at radius 3 is 2.88 bits per heavy atom. The Bertz CT molecular complexity index is 926. The van der Waals surface area contributed by atoms with E-state index in [1.54, 1.807) is 11.3 Å². The molecule has 134 valence electrons. The molecule has 3 fully saturated rings. The van der Waals surface area contributed by atoms with E-state index >= 15 is 0 Å². The van der Waals surface area contributed by atoms with Crippen molar-refractivity contribution in [2.45, 2.75) is 25.3 Å². The fourth-order valence-electron chi connectivity index (χ4n) is 4.25. The number of aromatic nitrogens is 1. The van der Waals surface area contributed by atoms with Gasteiger partial charge in [0.25, 0.3) is 0 Å². The van der Waals surface area contributed by atoms with Gasteiger partial charge in [0.05, 0.1) is 16.8 Å². The Kier molecular flexibility index (Phi) is 4.27. The fourth-order valence-corrected chi connectivity index (χ4v) is 5.81. The predicted molar refractivity (Wildman–Crippen MR) is 108 cm³/mol. The van der Waals surface area contributed by atoms with Crippen LogP contribution in [0.1, 0.15) is 18.5 Å². The van der Waals surface area contributed by atoms with Gasteiger partial charge in [0.15, 0.2) is 0 Å². The van der Waals surface area contributed by atoms with E-state index in [1.807, 2.05) is 0 Å². The first-order valence-corrected chi connectivity index (χ1v) is 10.9. The summed E-state index contributed by atoms with van der Waals surface area (Å²) in [7, 11) is 0. The zero-order valence-electron chi connectivity index (χ0n) is 14.5. The third kappa shape index (κ3) is 3.06. The summed E-state index contributed by atoms with van der Waals surface area (Å²) in [5, 5.41) is 6.48. The summed E-state index contributed by atoms with van der Waals surface area (Å²) in [4.78, 5) is 16.3. The van der Waals surface area contributed by atoms with Gasteiger partial charge < -0.3 is 10.2 Å². The minimum atomic E-state index is 0.110. The Hall–Kier alpha value is -1.76. The second-order valence-electron chi connectivity index (χ2n) is 7.31. The van der Waals surface area contributed by atoms with E-state index in [0.717, 1.165) is 22.3 Å². The van der Waals surface area contributed by atoms with E-state index in [0.29, 0.717) is 18.4 Å². The highest BCUT2D eigenvalue weighted by Gasteiger charge is 2.34. The molecule has 1 atom stereocenters. The predicted octanol–water partition coefficient (Wildman–Crippen LogP) is 3.78. The van der Waals surface area contributed by atoms with Crippen LogP contribution in [-0.4, -0.2) is 40.9 Å². The summed E-state index contributed by atoms with van der Waals surface area (Å²) < 4.78 is 5.73. The van der Waals surface area contributed by atoms with Crippen LogP contribution in [0.4, 0.5) is 0 Å². The molecule has 6 rings (SSSR count). The van der Waals surface area contributed by atoms with Gasteiger partial charge in [-0.25, -0.2) is 0 Å². The van der Waals surface area contributed by atoms with Crippen LogP contribution in [0, 0.1) is 5.92 Å². The van der Waals surface area contributed by atoms with Crippen molar-refractivity contribution in [3.05, 3.63) is 41.4 Å². The number of hydrogen-bond acceptors (Lipinski definition) is 5. The molecular weight excluding hydrogens is 362 g/mol. The van der Waals surface area contributed by atoms with E-state index in [1.165, 1.54) is 47.9 Å². The number of carbonyl (C=O) groups is 1. The van der Waals surface area contributed by atoms with Crippen LogP contribution in [0.2, 0.25) is 0 Å². The van der Waals surface area contributed by atoms with Gasteiger partial charge in [0.2, 0.25) is 5.91 Å². The minimum absolute atomic E-state index is 0.110. The highest BCUT2D eigenvalue weighted by molar-refractivity contribution is 7.14. The first-order valence-electron chi connectivity index (χ1n) is 9.20. The molecule has 2 aromatic heterocycles. The number of hydrogen-bond donors (Lipinski definition) is 1. The Labute approximate surface area is 161 Å². The number of fused-ring (bicyclic) bond motifs is 4. The molecular formula is C20H21N3OS2. The van der Waals surface area contributed by atoms with Crippen LogP contribution in [0.25, 0.3) is 20.5 Å². The lowest BCUT2D eigenvalue weighted by Crippen LogP contribution is -2.57. The van der Waals surface area contributed by atoms with Gasteiger partial charge in [-0.2, -0.15) is 4.37 Å². The molecule has 1 amide bonds. The van der Waals surface area contributed by atoms with E-state index in [4.69, 9.17) is 0 Å². The monoisotopic (exact) mass is 383 g/mol. The summed E-state index contributed by atoms with van der Waals surface area (Å²) in [5.74, 6) is 0.766. The lowest BCUT2D eigenvalue weighted by atomic mass is 9.84. The first kappa shape index (κ1) is 16.4. The lowest BCUT2D eigenvalue weighted by Gasteiger charge is -2.44. The highest BCUT2D eigenvalue weighted by Crippen LogP contribution is 2.31. The molecule has 3 aliphatic rings. The van der Waals surface area contributed by atoms with Crippen molar-refractivity contribution in [2.24, 2.45) is 5.92 Å². The average molecular weight is 384 g/mol. The largest absolute Gasteiger partial charge is 0.351 e. The molecule has 0 unspecified atom stereocenters. The van der Waals surface area contributed by atoms with E-state index in [9.17, 15) is 4.79 Å². The Morgan fingerprint density at radius 2 is 2.15 bits per heavy atom. The molecule has 0 aliphatic carbocycles. The normalized spacial score (nSPS) is 24.8. The van der Waals surface area contributed by atoms with Crippen molar-refractivity contribution in [2.75, 3.05) is 19.6 Å². The molecule has 1 aromatic carbocycles. The van der Waals surface area contributed by atoms with Crippen molar-refractivity contribution >= 4 is 38.9 Å². The number of nitrogens with zero attached hydrogens (tertiary/aromatic N) is 2. The molecule has 1 N–H and O–H groups in total. The number of benzene rings is 1. The van der Waals surface area contributed by atoms with Crippen LogP contribution < -0.4 is 5.32 Å². The van der Waals surface area contributed by atoms with Crippen LogP contribution >= 0.6 is 22.9 Å². The van der Waals surface area contributed by atoms with Crippen LogP contribution in [0.15, 0.2) is 35.7 Å². The first-order chi connectivity index (χ1) is 12.8. The summed E-state index contributed by atoms with van der Waals surface area (Å²) in [5.41, 5.74) is 2.13. The smallest absolute Gasteiger partial charge is 0.226 e. The maximum Gasteiger partial charge on any atom is 0.226 e. The molecule has 4 nitrogen and oxygen atoms in total. The number of rotatable bonds is 4. The zero-order valence-corrected chi connectivity index (χ0v) is 16.1. The van der Waals surface area contributed by atoms with Gasteiger partial charge >= 0.3 is 0 Å². The number of carbonyl (C=O) groups excluding carboxylic acids is 1. The number of nitrogens with one attached hydrogen (secondary N) is 1. The van der Waals surface area contributed by atoms with Crippen LogP contribution in [0.3, 0.4) is 0 Å². The van der Waals surface area contributed by atoms with Crippen molar-refractivity contribution in [3.8, 4) is 10.4 Å². The van der Waals surface area contributed by atoms with Crippen molar-refractivity contribution in [3.63, 3.8) is 0 Å². The summed E-state index contributed by atoms with van der Waals surface area (Å²) in [6.07, 6.45) is 2.81. The maximum atomic E-state index is 12.6. The average Bonchev–Trinajstić information content (AvgIpc) is 3.33. The molecule has 3 aromatic rings. The Balaban J connectivity index is 1.31. The number of piperidine rings is 3. The zero-order chi connectivity index (χ0) is 17.5. The fraction of sp³-hybridized carbons (Fsp3) is 0.400. The molecule has 0 radical (unpaired) electrons. The third-order valence-electron chi connectivity index (χ3n) is 5.68. The molecule has 2 bridgehead atoms. The van der Waals surface area contributed by atoms with Gasteiger partial charge in [0.1, 0.15) is 0 Å². The van der Waals surface area contributed by atoms with Crippen molar-refractivity contribution < 1.29 is 4.79 Å². The molecule has 5 heterocycles. The standard InChI is InChI=1S/C20H21N3OS2/c24-20(21-17-12-23-7-5-13(17)6-8-23)11-16-15-4-3-14(10-19(15)26-22-16)18-2-1-9-25-18/h1-4,9-10,13,17H,5-8,11-12H2,(H,21,24)/t17-/m0/s1. The van der Waals surface area contributed by atoms with Gasteiger partial charge in [-0.3, -0.25) is 4.79 Å². The van der Waals surface area contributed by atoms with Crippen molar-refractivity contribution in [1.29, 1.82) is 0 Å². The topological polar surface area (TPSA) is 45.2 Å². The van der Waals surface area contributed by atoms with Gasteiger partial charge in [-0.05, 0) is 66.5 Å². The number of amides is 1. The molecule has 6 heteroatoms. The quantitative estimate of drug-likeness (QED) is 0.746. The van der Waals surface area contributed by atoms with Gasteiger partial charge in [0, 0.05) is 22.8 Å².